The lowest BCUT2D eigenvalue weighted by molar-refractivity contribution is 0.452. The molecular weight excluding hydrogens is 369 g/mol. The van der Waals surface area contributed by atoms with E-state index in [0.717, 1.165) is 28.5 Å². The largest absolute Gasteiger partial charge is 0.340 e. The molecule has 1 aliphatic heterocycles. The van der Waals surface area contributed by atoms with E-state index in [1.165, 1.54) is 6.42 Å². The summed E-state index contributed by atoms with van der Waals surface area (Å²) < 4.78 is 1.08. The molecule has 1 saturated heterocycles. The molecule has 15 heavy (non-hydrogen) atoms. The lowest BCUT2D eigenvalue weighted by Gasteiger charge is -2.34. The maximum absolute atomic E-state index is 4.35. The van der Waals surface area contributed by atoms with Crippen LogP contribution in [0.4, 0.5) is 5.95 Å². The molecule has 82 valence electrons. The monoisotopic (exact) mass is 381 g/mol. The van der Waals surface area contributed by atoms with Gasteiger partial charge >= 0.3 is 0 Å². The minimum absolute atomic E-state index is 0.550. The molecule has 0 amide bonds. The van der Waals surface area contributed by atoms with Crippen LogP contribution in [-0.4, -0.2) is 27.9 Å². The molecule has 0 aliphatic carbocycles. The van der Waals surface area contributed by atoms with Gasteiger partial charge in [-0.2, -0.15) is 0 Å². The van der Waals surface area contributed by atoms with Crippen LogP contribution in [0.2, 0.25) is 0 Å². The van der Waals surface area contributed by atoms with Crippen LogP contribution in [-0.2, 0) is 0 Å². The summed E-state index contributed by atoms with van der Waals surface area (Å²) in [7, 11) is 0. The average Bonchev–Trinajstić information content (AvgIpc) is 2.23. The quantitative estimate of drug-likeness (QED) is 0.553. The lowest BCUT2D eigenvalue weighted by atomic mass is 9.99. The Morgan fingerprint density at radius 3 is 2.73 bits per heavy atom. The third-order valence-electron chi connectivity index (χ3n) is 2.76. The van der Waals surface area contributed by atoms with Crippen LogP contribution in [0.3, 0.4) is 0 Å². The molecular formula is C10H13BrIN3. The Morgan fingerprint density at radius 1 is 1.47 bits per heavy atom. The average molecular weight is 382 g/mol. The summed E-state index contributed by atoms with van der Waals surface area (Å²) >= 11 is 5.93. The first kappa shape index (κ1) is 11.6. The summed E-state index contributed by atoms with van der Waals surface area (Å²) in [6, 6.07) is 0. The van der Waals surface area contributed by atoms with Crippen molar-refractivity contribution in [1.82, 2.24) is 9.97 Å². The van der Waals surface area contributed by atoms with Crippen molar-refractivity contribution in [3.63, 3.8) is 0 Å². The number of nitrogens with zero attached hydrogens (tertiary/aromatic N) is 3. The third-order valence-corrected chi connectivity index (χ3v) is 4.51. The van der Waals surface area contributed by atoms with Crippen LogP contribution in [0.25, 0.3) is 0 Å². The van der Waals surface area contributed by atoms with E-state index in [4.69, 9.17) is 0 Å². The van der Waals surface area contributed by atoms with Crippen LogP contribution < -0.4 is 4.90 Å². The van der Waals surface area contributed by atoms with E-state index < -0.39 is 0 Å². The van der Waals surface area contributed by atoms with Crippen molar-refractivity contribution >= 4 is 44.5 Å². The fourth-order valence-corrected chi connectivity index (χ4v) is 2.56. The molecule has 0 aromatic carbocycles. The lowest BCUT2D eigenvalue weighted by Crippen LogP contribution is -2.41. The van der Waals surface area contributed by atoms with Gasteiger partial charge in [-0.1, -0.05) is 22.9 Å². The Morgan fingerprint density at radius 2 is 2.13 bits per heavy atom. The highest BCUT2D eigenvalue weighted by Crippen LogP contribution is 2.25. The van der Waals surface area contributed by atoms with Gasteiger partial charge in [0.1, 0.15) is 0 Å². The van der Waals surface area contributed by atoms with E-state index in [-0.39, 0.29) is 0 Å². The molecule has 0 radical (unpaired) electrons. The van der Waals surface area contributed by atoms with Crippen LogP contribution in [0, 0.1) is 9.49 Å². The number of hydrogen-bond donors (Lipinski definition) is 0. The standard InChI is InChI=1S/C10H13BrIN3/c1-7-2-3-15(6-9(7)11)10-13-4-8(12)5-14-10/h4-5,7,9H,2-3,6H2,1H3. The van der Waals surface area contributed by atoms with Gasteiger partial charge in [0.05, 0.1) is 0 Å². The molecule has 2 unspecified atom stereocenters. The molecule has 1 aromatic heterocycles. The Kier molecular flexibility index (Phi) is 3.82. The maximum atomic E-state index is 4.35. The van der Waals surface area contributed by atoms with Gasteiger partial charge in [-0.25, -0.2) is 9.97 Å². The summed E-state index contributed by atoms with van der Waals surface area (Å²) in [5, 5.41) is 0. The first-order chi connectivity index (χ1) is 7.16. The molecule has 5 heteroatoms. The molecule has 3 nitrogen and oxygen atoms in total. The Labute approximate surface area is 112 Å². The van der Waals surface area contributed by atoms with E-state index in [0.29, 0.717) is 4.83 Å². The van der Waals surface area contributed by atoms with Crippen LogP contribution in [0.1, 0.15) is 13.3 Å². The molecule has 0 spiro atoms. The molecule has 1 aliphatic rings. The molecule has 2 heterocycles. The Balaban J connectivity index is 2.08. The predicted molar refractivity (Wildman–Crippen MR) is 73.5 cm³/mol. The van der Waals surface area contributed by atoms with Crippen molar-refractivity contribution in [2.45, 2.75) is 18.2 Å². The number of aromatic nitrogens is 2. The fourth-order valence-electron chi connectivity index (χ4n) is 1.67. The second-order valence-electron chi connectivity index (χ2n) is 3.93. The zero-order chi connectivity index (χ0) is 10.8. The van der Waals surface area contributed by atoms with E-state index in [1.807, 2.05) is 12.4 Å². The van der Waals surface area contributed by atoms with Gasteiger partial charge in [0.15, 0.2) is 0 Å². The SMILES string of the molecule is CC1CCN(c2ncc(I)cn2)CC1Br. The smallest absolute Gasteiger partial charge is 0.225 e. The highest BCUT2D eigenvalue weighted by atomic mass is 127. The zero-order valence-corrected chi connectivity index (χ0v) is 12.3. The van der Waals surface area contributed by atoms with Gasteiger partial charge in [0, 0.05) is 33.9 Å². The second kappa shape index (κ2) is 4.95. The summed E-state index contributed by atoms with van der Waals surface area (Å²) in [6.45, 7) is 4.34. The number of halogens is 2. The fraction of sp³-hybridized carbons (Fsp3) is 0.600. The van der Waals surface area contributed by atoms with Gasteiger partial charge in [-0.3, -0.25) is 0 Å². The number of alkyl halides is 1. The van der Waals surface area contributed by atoms with E-state index in [1.54, 1.807) is 0 Å². The first-order valence-electron chi connectivity index (χ1n) is 5.03. The molecule has 2 rings (SSSR count). The van der Waals surface area contributed by atoms with E-state index >= 15 is 0 Å². The zero-order valence-electron chi connectivity index (χ0n) is 8.53. The molecule has 2 atom stereocenters. The van der Waals surface area contributed by atoms with Crippen LogP contribution in [0.5, 0.6) is 0 Å². The highest BCUT2D eigenvalue weighted by molar-refractivity contribution is 14.1. The van der Waals surface area contributed by atoms with Gasteiger partial charge in [0.25, 0.3) is 0 Å². The van der Waals surface area contributed by atoms with E-state index in [9.17, 15) is 0 Å². The molecule has 1 fully saturated rings. The van der Waals surface area contributed by atoms with Crippen LogP contribution >= 0.6 is 38.5 Å². The maximum Gasteiger partial charge on any atom is 0.225 e. The number of hydrogen-bond acceptors (Lipinski definition) is 3. The minimum Gasteiger partial charge on any atom is -0.340 e. The normalized spacial score (nSPS) is 26.7. The molecule has 1 aromatic rings. The van der Waals surface area contributed by atoms with Crippen molar-refractivity contribution in [2.75, 3.05) is 18.0 Å². The van der Waals surface area contributed by atoms with Crippen molar-refractivity contribution in [3.8, 4) is 0 Å². The van der Waals surface area contributed by atoms with Crippen molar-refractivity contribution in [3.05, 3.63) is 16.0 Å². The van der Waals surface area contributed by atoms with Crippen molar-refractivity contribution in [2.24, 2.45) is 5.92 Å². The summed E-state index contributed by atoms with van der Waals surface area (Å²) in [5.74, 6) is 1.59. The highest BCUT2D eigenvalue weighted by Gasteiger charge is 2.25. The minimum atomic E-state index is 0.550. The molecule has 0 bridgehead atoms. The Bertz CT molecular complexity index is 330. The third kappa shape index (κ3) is 2.81. The van der Waals surface area contributed by atoms with Crippen molar-refractivity contribution < 1.29 is 0 Å². The summed E-state index contributed by atoms with van der Waals surface area (Å²) in [6.07, 6.45) is 4.93. The number of piperidine rings is 1. The molecule has 0 saturated carbocycles. The molecule has 0 N–H and O–H groups in total. The van der Waals surface area contributed by atoms with Gasteiger partial charge in [0.2, 0.25) is 5.95 Å². The number of anilines is 1. The summed E-state index contributed by atoms with van der Waals surface area (Å²) in [5.41, 5.74) is 0. The first-order valence-corrected chi connectivity index (χ1v) is 7.03. The van der Waals surface area contributed by atoms with Gasteiger partial charge < -0.3 is 4.90 Å². The second-order valence-corrected chi connectivity index (χ2v) is 6.35. The van der Waals surface area contributed by atoms with Crippen LogP contribution in [0.15, 0.2) is 12.4 Å². The summed E-state index contributed by atoms with van der Waals surface area (Å²) in [4.78, 5) is 11.5. The Hall–Kier alpha value is 0.0900. The van der Waals surface area contributed by atoms with Crippen molar-refractivity contribution in [1.29, 1.82) is 0 Å². The van der Waals surface area contributed by atoms with Gasteiger partial charge in [-0.15, -0.1) is 0 Å². The van der Waals surface area contributed by atoms with Gasteiger partial charge in [-0.05, 0) is 34.9 Å². The van der Waals surface area contributed by atoms with E-state index in [2.05, 4.69) is 60.3 Å². The predicted octanol–water partition coefficient (Wildman–Crippen LogP) is 2.69. The topological polar surface area (TPSA) is 29.0 Å². The number of rotatable bonds is 1.